The van der Waals surface area contributed by atoms with Crippen LogP contribution in [0, 0.1) is 5.92 Å². The molecule has 3 aromatic carbocycles. The van der Waals surface area contributed by atoms with Gasteiger partial charge in [-0.1, -0.05) is 52.3 Å². The van der Waals surface area contributed by atoms with Crippen LogP contribution in [0.25, 0.3) is 0 Å². The van der Waals surface area contributed by atoms with E-state index in [4.69, 9.17) is 4.74 Å². The molecular formula is C31H36BrN3O3. The van der Waals surface area contributed by atoms with E-state index in [1.54, 1.807) is 18.2 Å². The average molecular weight is 579 g/mol. The van der Waals surface area contributed by atoms with E-state index >= 15 is 0 Å². The fourth-order valence-corrected chi connectivity index (χ4v) is 5.24. The Labute approximate surface area is 233 Å². The maximum absolute atomic E-state index is 13.3. The molecule has 0 radical (unpaired) electrons. The van der Waals surface area contributed by atoms with Gasteiger partial charge in [-0.05, 0) is 80.5 Å². The number of anilines is 2. The van der Waals surface area contributed by atoms with Gasteiger partial charge in [0.2, 0.25) is 0 Å². The standard InChI is InChI=1S/C31H36BrN3O3/c1-2-38-19-7-16-33-31(37)28-22-27(34-30(36)25-10-6-11-26(32)21-25)12-13-29(28)35-17-14-24(15-18-35)20-23-8-4-3-5-9-23/h3-6,8-13,21-22,24H,2,7,14-20H2,1H3,(H,33,37)(H,34,36). The number of amides is 2. The molecule has 0 bridgehead atoms. The maximum Gasteiger partial charge on any atom is 0.255 e. The Balaban J connectivity index is 1.47. The van der Waals surface area contributed by atoms with Gasteiger partial charge >= 0.3 is 0 Å². The molecule has 1 aliphatic heterocycles. The van der Waals surface area contributed by atoms with Crippen LogP contribution in [-0.4, -0.2) is 44.7 Å². The summed E-state index contributed by atoms with van der Waals surface area (Å²) in [6.45, 7) is 5.56. The number of nitrogens with zero attached hydrogens (tertiary/aromatic N) is 1. The molecule has 2 amide bonds. The Morgan fingerprint density at radius 1 is 0.974 bits per heavy atom. The molecule has 7 heteroatoms. The van der Waals surface area contributed by atoms with Crippen molar-refractivity contribution in [2.24, 2.45) is 5.92 Å². The van der Waals surface area contributed by atoms with Gasteiger partial charge in [0.1, 0.15) is 0 Å². The molecule has 4 rings (SSSR count). The maximum atomic E-state index is 13.3. The fourth-order valence-electron chi connectivity index (χ4n) is 4.85. The van der Waals surface area contributed by atoms with Crippen LogP contribution in [0.4, 0.5) is 11.4 Å². The lowest BCUT2D eigenvalue weighted by Gasteiger charge is -2.35. The van der Waals surface area contributed by atoms with Gasteiger partial charge in [0, 0.05) is 54.3 Å². The van der Waals surface area contributed by atoms with Crippen molar-refractivity contribution in [1.82, 2.24) is 5.32 Å². The van der Waals surface area contributed by atoms with Crippen LogP contribution in [0.1, 0.15) is 52.5 Å². The van der Waals surface area contributed by atoms with Gasteiger partial charge in [0.15, 0.2) is 0 Å². The van der Waals surface area contributed by atoms with Crippen molar-refractivity contribution in [3.8, 4) is 0 Å². The number of nitrogens with one attached hydrogen (secondary N) is 2. The number of piperidine rings is 1. The second-order valence-electron chi connectivity index (χ2n) is 9.62. The first-order valence-corrected chi connectivity index (χ1v) is 14.2. The van der Waals surface area contributed by atoms with Gasteiger partial charge in [-0.3, -0.25) is 9.59 Å². The molecule has 38 heavy (non-hydrogen) atoms. The van der Waals surface area contributed by atoms with Crippen molar-refractivity contribution >= 4 is 39.1 Å². The molecule has 6 nitrogen and oxygen atoms in total. The number of halogens is 1. The van der Waals surface area contributed by atoms with E-state index < -0.39 is 0 Å². The van der Waals surface area contributed by atoms with Crippen LogP contribution in [0.5, 0.6) is 0 Å². The Hall–Kier alpha value is -3.16. The summed E-state index contributed by atoms with van der Waals surface area (Å²) >= 11 is 3.41. The van der Waals surface area contributed by atoms with Gasteiger partial charge in [0.05, 0.1) is 5.56 Å². The zero-order chi connectivity index (χ0) is 26.7. The number of carbonyl (C=O) groups excluding carboxylic acids is 2. The summed E-state index contributed by atoms with van der Waals surface area (Å²) in [6.07, 6.45) is 3.99. The predicted molar refractivity (Wildman–Crippen MR) is 157 cm³/mol. The normalized spacial score (nSPS) is 13.8. The highest BCUT2D eigenvalue weighted by atomic mass is 79.9. The molecule has 1 heterocycles. The minimum absolute atomic E-state index is 0.138. The van der Waals surface area contributed by atoms with E-state index in [1.807, 2.05) is 31.2 Å². The first-order chi connectivity index (χ1) is 18.5. The Morgan fingerprint density at radius 2 is 1.76 bits per heavy atom. The molecule has 0 aliphatic carbocycles. The van der Waals surface area contributed by atoms with Crippen molar-refractivity contribution < 1.29 is 14.3 Å². The summed E-state index contributed by atoms with van der Waals surface area (Å²) in [4.78, 5) is 28.4. The third-order valence-corrected chi connectivity index (χ3v) is 7.36. The number of hydrogen-bond acceptors (Lipinski definition) is 4. The van der Waals surface area contributed by atoms with E-state index in [0.717, 1.165) is 48.9 Å². The number of carbonyl (C=O) groups is 2. The fraction of sp³-hybridized carbons (Fsp3) is 0.355. The summed E-state index contributed by atoms with van der Waals surface area (Å²) in [7, 11) is 0. The Morgan fingerprint density at radius 3 is 2.50 bits per heavy atom. The molecule has 0 unspecified atom stereocenters. The average Bonchev–Trinajstić information content (AvgIpc) is 2.94. The van der Waals surface area contributed by atoms with Crippen molar-refractivity contribution in [2.75, 3.05) is 43.1 Å². The molecular weight excluding hydrogens is 542 g/mol. The van der Waals surface area contributed by atoms with Crippen molar-refractivity contribution in [3.05, 3.63) is 94.0 Å². The quantitative estimate of drug-likeness (QED) is 0.262. The Bertz CT molecular complexity index is 1210. The summed E-state index contributed by atoms with van der Waals surface area (Å²) in [5.41, 5.74) is 4.01. The molecule has 0 saturated carbocycles. The third-order valence-electron chi connectivity index (χ3n) is 6.86. The summed E-state index contributed by atoms with van der Waals surface area (Å²) in [5, 5.41) is 5.98. The van der Waals surface area contributed by atoms with Crippen LogP contribution in [0.15, 0.2) is 77.3 Å². The first kappa shape index (κ1) is 27.9. The minimum Gasteiger partial charge on any atom is -0.382 e. The molecule has 200 valence electrons. The summed E-state index contributed by atoms with van der Waals surface area (Å²) < 4.78 is 6.23. The highest BCUT2D eigenvalue weighted by Crippen LogP contribution is 2.30. The van der Waals surface area contributed by atoms with E-state index in [9.17, 15) is 9.59 Å². The van der Waals surface area contributed by atoms with Crippen LogP contribution >= 0.6 is 15.9 Å². The monoisotopic (exact) mass is 577 g/mol. The molecule has 1 aliphatic rings. The summed E-state index contributed by atoms with van der Waals surface area (Å²) in [5.74, 6) is 0.276. The molecule has 2 N–H and O–H groups in total. The van der Waals surface area contributed by atoms with Gasteiger partial charge in [-0.2, -0.15) is 0 Å². The number of rotatable bonds is 11. The van der Waals surface area contributed by atoms with Crippen molar-refractivity contribution in [1.29, 1.82) is 0 Å². The van der Waals surface area contributed by atoms with Crippen LogP contribution < -0.4 is 15.5 Å². The second kappa shape index (κ2) is 14.1. The van der Waals surface area contributed by atoms with Crippen molar-refractivity contribution in [2.45, 2.75) is 32.6 Å². The lowest BCUT2D eigenvalue weighted by atomic mass is 9.89. The smallest absolute Gasteiger partial charge is 0.255 e. The van der Waals surface area contributed by atoms with E-state index in [2.05, 4.69) is 61.8 Å². The molecule has 0 aromatic heterocycles. The molecule has 0 spiro atoms. The van der Waals surface area contributed by atoms with Gasteiger partial charge in [-0.25, -0.2) is 0 Å². The number of benzene rings is 3. The highest BCUT2D eigenvalue weighted by Gasteiger charge is 2.24. The van der Waals surface area contributed by atoms with Gasteiger partial charge < -0.3 is 20.3 Å². The molecule has 0 atom stereocenters. The molecule has 1 saturated heterocycles. The van der Waals surface area contributed by atoms with Gasteiger partial charge in [0.25, 0.3) is 11.8 Å². The SMILES string of the molecule is CCOCCCNC(=O)c1cc(NC(=O)c2cccc(Br)c2)ccc1N1CCC(Cc2ccccc2)CC1. The number of hydrogen-bond donors (Lipinski definition) is 2. The number of ether oxygens (including phenoxy) is 1. The lowest BCUT2D eigenvalue weighted by Crippen LogP contribution is -2.36. The zero-order valence-electron chi connectivity index (χ0n) is 21.9. The molecule has 3 aromatic rings. The van der Waals surface area contributed by atoms with E-state index in [0.29, 0.717) is 42.5 Å². The first-order valence-electron chi connectivity index (χ1n) is 13.4. The van der Waals surface area contributed by atoms with Gasteiger partial charge in [-0.15, -0.1) is 0 Å². The van der Waals surface area contributed by atoms with Crippen molar-refractivity contribution in [3.63, 3.8) is 0 Å². The lowest BCUT2D eigenvalue weighted by molar-refractivity contribution is 0.0943. The van der Waals surface area contributed by atoms with E-state index in [-0.39, 0.29) is 11.8 Å². The van der Waals surface area contributed by atoms with Crippen LogP contribution in [0.3, 0.4) is 0 Å². The zero-order valence-corrected chi connectivity index (χ0v) is 23.5. The minimum atomic E-state index is -0.219. The second-order valence-corrected chi connectivity index (χ2v) is 10.5. The van der Waals surface area contributed by atoms with Crippen LogP contribution in [0.2, 0.25) is 0 Å². The Kier molecular flexibility index (Phi) is 10.4. The predicted octanol–water partition coefficient (Wildman–Crippen LogP) is 6.32. The summed E-state index contributed by atoms with van der Waals surface area (Å²) in [6, 6.07) is 23.5. The van der Waals surface area contributed by atoms with E-state index in [1.165, 1.54) is 5.56 Å². The van der Waals surface area contributed by atoms with Crippen LogP contribution in [-0.2, 0) is 11.2 Å². The third kappa shape index (κ3) is 7.92. The largest absolute Gasteiger partial charge is 0.382 e. The highest BCUT2D eigenvalue weighted by molar-refractivity contribution is 9.10. The molecule has 1 fully saturated rings. The topological polar surface area (TPSA) is 70.7 Å².